The Balaban J connectivity index is 3.80. The molecule has 0 heterocycles. The van der Waals surface area contributed by atoms with Crippen LogP contribution in [0.3, 0.4) is 0 Å². The molecule has 14 heavy (non-hydrogen) atoms. The first-order chi connectivity index (χ1) is 6.39. The Bertz CT molecular complexity index is 180. The Morgan fingerprint density at radius 2 is 2.07 bits per heavy atom. The van der Waals surface area contributed by atoms with Crippen LogP contribution in [0.25, 0.3) is 0 Å². The second-order valence-corrected chi connectivity index (χ2v) is 4.43. The number of hydrogen-bond donors (Lipinski definition) is 3. The second kappa shape index (κ2) is 5.98. The van der Waals surface area contributed by atoms with E-state index >= 15 is 0 Å². The summed E-state index contributed by atoms with van der Waals surface area (Å²) in [6.07, 6.45) is 1.65. The van der Waals surface area contributed by atoms with Crippen molar-refractivity contribution in [1.82, 2.24) is 5.32 Å². The number of carboxylic acid groups (broad SMARTS) is 1. The molecule has 0 bridgehead atoms. The minimum absolute atomic E-state index is 0.0342. The van der Waals surface area contributed by atoms with Crippen LogP contribution in [0.2, 0.25) is 0 Å². The number of aliphatic hydroxyl groups is 1. The summed E-state index contributed by atoms with van der Waals surface area (Å²) in [6.45, 7) is 6.59. The van der Waals surface area contributed by atoms with Gasteiger partial charge in [-0.05, 0) is 25.2 Å². The molecule has 0 radical (unpaired) electrons. The number of nitrogens with one attached hydrogen (secondary N) is 1. The van der Waals surface area contributed by atoms with Crippen LogP contribution < -0.4 is 5.32 Å². The summed E-state index contributed by atoms with van der Waals surface area (Å²) in [4.78, 5) is 10.5. The maximum absolute atomic E-state index is 10.5. The minimum Gasteiger partial charge on any atom is -0.480 e. The Morgan fingerprint density at radius 1 is 1.50 bits per heavy atom. The number of rotatable bonds is 7. The van der Waals surface area contributed by atoms with E-state index in [4.69, 9.17) is 10.2 Å². The van der Waals surface area contributed by atoms with E-state index in [1.807, 2.05) is 0 Å². The molecule has 1 atom stereocenters. The molecule has 0 aromatic carbocycles. The average molecular weight is 203 g/mol. The Labute approximate surface area is 85.3 Å². The van der Waals surface area contributed by atoms with E-state index in [0.29, 0.717) is 6.54 Å². The van der Waals surface area contributed by atoms with Crippen molar-refractivity contribution < 1.29 is 15.0 Å². The van der Waals surface area contributed by atoms with E-state index in [2.05, 4.69) is 19.2 Å². The molecular weight excluding hydrogens is 182 g/mol. The third kappa shape index (κ3) is 5.94. The van der Waals surface area contributed by atoms with Gasteiger partial charge in [0.1, 0.15) is 6.04 Å². The van der Waals surface area contributed by atoms with E-state index in [9.17, 15) is 4.79 Å². The maximum Gasteiger partial charge on any atom is 0.320 e. The third-order valence-corrected chi connectivity index (χ3v) is 2.27. The molecule has 0 spiro atoms. The van der Waals surface area contributed by atoms with Gasteiger partial charge >= 0.3 is 5.97 Å². The highest BCUT2D eigenvalue weighted by atomic mass is 16.4. The monoisotopic (exact) mass is 203 g/mol. The fourth-order valence-corrected chi connectivity index (χ4v) is 1.16. The quantitative estimate of drug-likeness (QED) is 0.573. The maximum atomic E-state index is 10.5. The average Bonchev–Trinajstić information content (AvgIpc) is 2.11. The van der Waals surface area contributed by atoms with Gasteiger partial charge in [-0.25, -0.2) is 0 Å². The van der Waals surface area contributed by atoms with E-state index in [1.165, 1.54) is 0 Å². The van der Waals surface area contributed by atoms with Crippen LogP contribution in [-0.4, -0.2) is 35.4 Å². The summed E-state index contributed by atoms with van der Waals surface area (Å²) in [5.41, 5.74) is 0.0342. The van der Waals surface area contributed by atoms with Crippen LogP contribution in [0.1, 0.15) is 33.6 Å². The van der Waals surface area contributed by atoms with Gasteiger partial charge in [-0.3, -0.25) is 4.79 Å². The summed E-state index contributed by atoms with van der Waals surface area (Å²) in [5.74, 6) is -0.831. The Morgan fingerprint density at radius 3 is 2.50 bits per heavy atom. The van der Waals surface area contributed by atoms with Crippen molar-refractivity contribution in [3.63, 3.8) is 0 Å². The predicted octanol–water partition coefficient (Wildman–Crippen LogP) is 0.848. The molecule has 0 saturated carbocycles. The smallest absolute Gasteiger partial charge is 0.320 e. The van der Waals surface area contributed by atoms with Gasteiger partial charge in [-0.15, -0.1) is 0 Å². The number of carbonyl (C=O) groups is 1. The predicted molar refractivity (Wildman–Crippen MR) is 55.2 cm³/mol. The van der Waals surface area contributed by atoms with Crippen LogP contribution in [0.5, 0.6) is 0 Å². The summed E-state index contributed by atoms with van der Waals surface area (Å²) < 4.78 is 0. The zero-order valence-electron chi connectivity index (χ0n) is 9.21. The first kappa shape index (κ1) is 13.4. The molecule has 1 unspecified atom stereocenters. The third-order valence-electron chi connectivity index (χ3n) is 2.27. The Kier molecular flexibility index (Phi) is 5.72. The molecule has 4 heteroatoms. The highest BCUT2D eigenvalue weighted by molar-refractivity contribution is 5.72. The molecule has 0 amide bonds. The van der Waals surface area contributed by atoms with Gasteiger partial charge in [0, 0.05) is 13.2 Å². The van der Waals surface area contributed by atoms with Crippen molar-refractivity contribution >= 4 is 5.97 Å². The van der Waals surface area contributed by atoms with Crippen molar-refractivity contribution in [1.29, 1.82) is 0 Å². The lowest BCUT2D eigenvalue weighted by atomic mass is 9.87. The summed E-state index contributed by atoms with van der Waals surface area (Å²) in [6, 6.07) is -0.511. The standard InChI is InChI=1S/C10H21NO3/c1-8(9(13)14)11-7-10(2,3)5-4-6-12/h8,11-12H,4-7H2,1-3H3,(H,13,14). The van der Waals surface area contributed by atoms with Crippen molar-refractivity contribution in [2.45, 2.75) is 39.7 Å². The lowest BCUT2D eigenvalue weighted by molar-refractivity contribution is -0.139. The number of carboxylic acids is 1. The first-order valence-electron chi connectivity index (χ1n) is 4.96. The molecule has 0 aromatic rings. The molecule has 0 aliphatic heterocycles. The van der Waals surface area contributed by atoms with Crippen molar-refractivity contribution in [3.8, 4) is 0 Å². The molecular formula is C10H21NO3. The van der Waals surface area contributed by atoms with Gasteiger partial charge in [-0.2, -0.15) is 0 Å². The van der Waals surface area contributed by atoms with Gasteiger partial charge < -0.3 is 15.5 Å². The Hall–Kier alpha value is -0.610. The number of hydrogen-bond acceptors (Lipinski definition) is 3. The van der Waals surface area contributed by atoms with Crippen molar-refractivity contribution in [2.75, 3.05) is 13.2 Å². The normalized spacial score (nSPS) is 14.0. The van der Waals surface area contributed by atoms with Crippen LogP contribution in [0.15, 0.2) is 0 Å². The van der Waals surface area contributed by atoms with Crippen LogP contribution in [0.4, 0.5) is 0 Å². The van der Waals surface area contributed by atoms with E-state index in [-0.39, 0.29) is 12.0 Å². The van der Waals surface area contributed by atoms with E-state index in [0.717, 1.165) is 12.8 Å². The molecule has 0 aromatic heterocycles. The topological polar surface area (TPSA) is 69.6 Å². The molecule has 0 fully saturated rings. The molecule has 0 aliphatic carbocycles. The van der Waals surface area contributed by atoms with E-state index in [1.54, 1.807) is 6.92 Å². The second-order valence-electron chi connectivity index (χ2n) is 4.43. The minimum atomic E-state index is -0.831. The van der Waals surface area contributed by atoms with Gasteiger partial charge in [0.2, 0.25) is 0 Å². The highest BCUT2D eigenvalue weighted by Crippen LogP contribution is 2.20. The van der Waals surface area contributed by atoms with Crippen LogP contribution in [-0.2, 0) is 4.79 Å². The molecule has 84 valence electrons. The highest BCUT2D eigenvalue weighted by Gasteiger charge is 2.19. The van der Waals surface area contributed by atoms with Crippen molar-refractivity contribution in [2.24, 2.45) is 5.41 Å². The number of aliphatic hydroxyl groups excluding tert-OH is 1. The van der Waals surface area contributed by atoms with E-state index < -0.39 is 12.0 Å². The SMILES string of the molecule is CC(NCC(C)(C)CCCO)C(=O)O. The summed E-state index contributed by atoms with van der Waals surface area (Å²) in [5, 5.41) is 20.3. The fourth-order valence-electron chi connectivity index (χ4n) is 1.16. The lowest BCUT2D eigenvalue weighted by Gasteiger charge is -2.25. The van der Waals surface area contributed by atoms with Crippen molar-refractivity contribution in [3.05, 3.63) is 0 Å². The zero-order valence-corrected chi connectivity index (χ0v) is 9.21. The molecule has 0 aliphatic rings. The van der Waals surface area contributed by atoms with Crippen LogP contribution in [0, 0.1) is 5.41 Å². The molecule has 4 nitrogen and oxygen atoms in total. The van der Waals surface area contributed by atoms with Gasteiger partial charge in [0.05, 0.1) is 0 Å². The lowest BCUT2D eigenvalue weighted by Crippen LogP contribution is -2.39. The van der Waals surface area contributed by atoms with Gasteiger partial charge in [0.15, 0.2) is 0 Å². The molecule has 3 N–H and O–H groups in total. The first-order valence-corrected chi connectivity index (χ1v) is 4.96. The summed E-state index contributed by atoms with van der Waals surface area (Å²) >= 11 is 0. The fraction of sp³-hybridized carbons (Fsp3) is 0.900. The largest absolute Gasteiger partial charge is 0.480 e. The molecule has 0 saturated heterocycles. The molecule has 0 rings (SSSR count). The summed E-state index contributed by atoms with van der Waals surface area (Å²) in [7, 11) is 0. The number of aliphatic carboxylic acids is 1. The van der Waals surface area contributed by atoms with Crippen LogP contribution >= 0.6 is 0 Å². The zero-order chi connectivity index (χ0) is 11.2. The van der Waals surface area contributed by atoms with Gasteiger partial charge in [-0.1, -0.05) is 13.8 Å². The van der Waals surface area contributed by atoms with Gasteiger partial charge in [0.25, 0.3) is 0 Å².